The molecule has 0 amide bonds. The predicted molar refractivity (Wildman–Crippen MR) is 114 cm³/mol. The number of aliphatic imine (C=N–C) groups is 1. The van der Waals surface area contributed by atoms with Crippen molar-refractivity contribution in [2.45, 2.75) is 11.3 Å². The van der Waals surface area contributed by atoms with Gasteiger partial charge in [-0.2, -0.15) is 0 Å². The van der Waals surface area contributed by atoms with Gasteiger partial charge in [0.05, 0.1) is 30.4 Å². The van der Waals surface area contributed by atoms with Crippen LogP contribution in [0.25, 0.3) is 5.70 Å². The van der Waals surface area contributed by atoms with Gasteiger partial charge < -0.3 is 14.4 Å². The number of nitrogens with zero attached hydrogens (tertiary/aromatic N) is 2. The number of thioether (sulfide) groups is 1. The Hall–Kier alpha value is -2.65. The van der Waals surface area contributed by atoms with E-state index < -0.39 is 10.0 Å². The number of fused-ring (bicyclic) bond motifs is 2. The monoisotopic (exact) mass is 429 g/mol. The van der Waals surface area contributed by atoms with Crippen molar-refractivity contribution >= 4 is 38.3 Å². The first-order valence-corrected chi connectivity index (χ1v) is 11.7. The highest BCUT2D eigenvalue weighted by Gasteiger charge is 2.27. The summed E-state index contributed by atoms with van der Waals surface area (Å²) >= 11 is 1.62. The molecule has 0 atom stereocenters. The Bertz CT molecular complexity index is 1110. The van der Waals surface area contributed by atoms with Crippen LogP contribution in [0.4, 0.5) is 5.69 Å². The van der Waals surface area contributed by atoms with Crippen LogP contribution in [-0.2, 0) is 10.0 Å². The SMILES string of the molecule is O=S(=O)(Nc1ccc(C2=CSC3=NCCN23)cc1)c1ccc2c(c1)OCCCO2. The van der Waals surface area contributed by atoms with E-state index in [1.807, 2.05) is 12.1 Å². The summed E-state index contributed by atoms with van der Waals surface area (Å²) in [7, 11) is -3.74. The van der Waals surface area contributed by atoms with E-state index in [9.17, 15) is 8.42 Å². The average molecular weight is 430 g/mol. The Labute approximate surface area is 173 Å². The maximum Gasteiger partial charge on any atom is 0.262 e. The summed E-state index contributed by atoms with van der Waals surface area (Å²) in [5.41, 5.74) is 2.63. The quantitative estimate of drug-likeness (QED) is 0.803. The summed E-state index contributed by atoms with van der Waals surface area (Å²) in [5, 5.41) is 3.11. The molecule has 0 saturated heterocycles. The van der Waals surface area contributed by atoms with E-state index in [1.54, 1.807) is 30.0 Å². The van der Waals surface area contributed by atoms with E-state index in [0.29, 0.717) is 30.4 Å². The van der Waals surface area contributed by atoms with Crippen LogP contribution < -0.4 is 14.2 Å². The van der Waals surface area contributed by atoms with E-state index in [2.05, 4.69) is 20.0 Å². The van der Waals surface area contributed by atoms with Crippen molar-refractivity contribution in [1.82, 2.24) is 4.90 Å². The van der Waals surface area contributed by atoms with Crippen molar-refractivity contribution in [3.05, 3.63) is 53.4 Å². The number of nitrogens with one attached hydrogen (secondary N) is 1. The average Bonchev–Trinajstić information content (AvgIpc) is 3.25. The first-order chi connectivity index (χ1) is 14.1. The third-order valence-electron chi connectivity index (χ3n) is 4.83. The van der Waals surface area contributed by atoms with Crippen molar-refractivity contribution in [3.63, 3.8) is 0 Å². The molecule has 5 rings (SSSR count). The third kappa shape index (κ3) is 3.56. The molecule has 7 nitrogen and oxygen atoms in total. The lowest BCUT2D eigenvalue weighted by atomic mass is 10.1. The zero-order valence-electron chi connectivity index (χ0n) is 15.5. The molecule has 0 aliphatic carbocycles. The van der Waals surface area contributed by atoms with E-state index in [4.69, 9.17) is 9.47 Å². The van der Waals surface area contributed by atoms with Crippen LogP contribution in [0.1, 0.15) is 12.0 Å². The smallest absolute Gasteiger partial charge is 0.262 e. The van der Waals surface area contributed by atoms with E-state index >= 15 is 0 Å². The van der Waals surface area contributed by atoms with Crippen molar-refractivity contribution in [2.75, 3.05) is 31.0 Å². The molecule has 1 N–H and O–H groups in total. The molecule has 0 unspecified atom stereocenters. The molecule has 3 aliphatic heterocycles. The number of anilines is 1. The second-order valence-corrected chi connectivity index (χ2v) is 9.30. The molecule has 0 fully saturated rings. The fraction of sp³-hybridized carbons (Fsp3) is 0.250. The van der Waals surface area contributed by atoms with Crippen LogP contribution in [0.2, 0.25) is 0 Å². The fourth-order valence-corrected chi connectivity index (χ4v) is 5.42. The van der Waals surface area contributed by atoms with Crippen molar-refractivity contribution in [3.8, 4) is 11.5 Å². The van der Waals surface area contributed by atoms with Crippen molar-refractivity contribution in [1.29, 1.82) is 0 Å². The summed E-state index contributed by atoms with van der Waals surface area (Å²) in [6, 6.07) is 12.0. The molecule has 0 radical (unpaired) electrons. The molecule has 3 aliphatic rings. The second kappa shape index (κ2) is 7.31. The molecule has 150 valence electrons. The van der Waals surface area contributed by atoms with Gasteiger partial charge in [-0.15, -0.1) is 0 Å². The number of rotatable bonds is 4. The fourth-order valence-electron chi connectivity index (χ4n) is 3.38. The molecular formula is C20H19N3O4S2. The largest absolute Gasteiger partial charge is 0.490 e. The van der Waals surface area contributed by atoms with Gasteiger partial charge >= 0.3 is 0 Å². The third-order valence-corrected chi connectivity index (χ3v) is 7.11. The molecule has 0 bridgehead atoms. The van der Waals surface area contributed by atoms with Gasteiger partial charge in [-0.25, -0.2) is 8.42 Å². The molecule has 29 heavy (non-hydrogen) atoms. The lowest BCUT2D eigenvalue weighted by Gasteiger charge is -2.17. The number of sulfonamides is 1. The van der Waals surface area contributed by atoms with Crippen molar-refractivity contribution in [2.24, 2.45) is 4.99 Å². The lowest BCUT2D eigenvalue weighted by Crippen LogP contribution is -2.19. The van der Waals surface area contributed by atoms with Gasteiger partial charge in [-0.3, -0.25) is 9.71 Å². The highest BCUT2D eigenvalue weighted by atomic mass is 32.2. The number of hydrogen-bond acceptors (Lipinski definition) is 7. The van der Waals surface area contributed by atoms with Gasteiger partial charge in [-0.1, -0.05) is 23.9 Å². The highest BCUT2D eigenvalue weighted by molar-refractivity contribution is 8.16. The molecule has 2 aromatic carbocycles. The predicted octanol–water partition coefficient (Wildman–Crippen LogP) is 3.37. The van der Waals surface area contributed by atoms with Gasteiger partial charge in [0.25, 0.3) is 10.0 Å². The molecule has 3 heterocycles. The highest BCUT2D eigenvalue weighted by Crippen LogP contribution is 2.36. The maximum absolute atomic E-state index is 12.8. The van der Waals surface area contributed by atoms with Crippen LogP contribution in [0.5, 0.6) is 11.5 Å². The molecular weight excluding hydrogens is 410 g/mol. The number of ether oxygens (including phenoxy) is 2. The van der Waals surface area contributed by atoms with Crippen LogP contribution in [0, 0.1) is 0 Å². The maximum atomic E-state index is 12.8. The van der Waals surface area contributed by atoms with Crippen molar-refractivity contribution < 1.29 is 17.9 Å². The van der Waals surface area contributed by atoms with E-state index in [1.165, 1.54) is 12.1 Å². The Morgan fingerprint density at radius 1 is 1.03 bits per heavy atom. The normalized spacial score (nSPS) is 18.0. The topological polar surface area (TPSA) is 80.2 Å². The van der Waals surface area contributed by atoms with Gasteiger partial charge in [0.2, 0.25) is 0 Å². The van der Waals surface area contributed by atoms with Crippen LogP contribution in [0.3, 0.4) is 0 Å². The molecule has 9 heteroatoms. The molecule has 2 aromatic rings. The van der Waals surface area contributed by atoms with Gasteiger partial charge in [0.1, 0.15) is 0 Å². The second-order valence-electron chi connectivity index (χ2n) is 6.78. The Morgan fingerprint density at radius 3 is 2.66 bits per heavy atom. The number of benzene rings is 2. The Kier molecular flexibility index (Phi) is 4.63. The summed E-state index contributed by atoms with van der Waals surface area (Å²) < 4.78 is 39.4. The molecule has 0 saturated carbocycles. The van der Waals surface area contributed by atoms with E-state index in [0.717, 1.165) is 35.9 Å². The summed E-state index contributed by atoms with van der Waals surface area (Å²) in [5.74, 6) is 1.02. The summed E-state index contributed by atoms with van der Waals surface area (Å²) in [6.45, 7) is 2.76. The Balaban J connectivity index is 1.34. The standard InChI is InChI=1S/C20H19N3O4S2/c24-29(25,16-6-7-18-19(12-16)27-11-1-10-26-18)22-15-4-2-14(3-5-15)17-13-28-20-21-8-9-23(17)20/h2-7,12-13,22H,1,8-11H2. The zero-order chi connectivity index (χ0) is 19.8. The molecule has 0 spiro atoms. The molecule has 0 aromatic heterocycles. The minimum absolute atomic E-state index is 0.138. The van der Waals surface area contributed by atoms with Gasteiger partial charge in [0, 0.05) is 30.1 Å². The Morgan fingerprint density at radius 2 is 1.83 bits per heavy atom. The van der Waals surface area contributed by atoms with Crippen LogP contribution in [0.15, 0.2) is 57.8 Å². The first-order valence-electron chi connectivity index (χ1n) is 9.32. The summed E-state index contributed by atoms with van der Waals surface area (Å²) in [4.78, 5) is 6.77. The van der Waals surface area contributed by atoms with Crippen LogP contribution in [-0.4, -0.2) is 44.8 Å². The number of amidine groups is 1. The first kappa shape index (κ1) is 18.4. The lowest BCUT2D eigenvalue weighted by molar-refractivity contribution is 0.297. The minimum Gasteiger partial charge on any atom is -0.490 e. The van der Waals surface area contributed by atoms with E-state index in [-0.39, 0.29) is 4.90 Å². The number of hydrogen-bond donors (Lipinski definition) is 1. The minimum atomic E-state index is -3.74. The zero-order valence-corrected chi connectivity index (χ0v) is 17.1. The van der Waals surface area contributed by atoms with Crippen LogP contribution >= 0.6 is 11.8 Å². The van der Waals surface area contributed by atoms with Gasteiger partial charge in [0.15, 0.2) is 16.7 Å². The summed E-state index contributed by atoms with van der Waals surface area (Å²) in [6.07, 6.45) is 0.765. The van der Waals surface area contributed by atoms with Gasteiger partial charge in [-0.05, 0) is 29.8 Å².